The van der Waals surface area contributed by atoms with Gasteiger partial charge in [-0.25, -0.2) is 14.4 Å². The molecule has 0 spiro atoms. The number of aromatic nitrogens is 3. The third-order valence-electron chi connectivity index (χ3n) is 5.01. The van der Waals surface area contributed by atoms with E-state index in [-0.39, 0.29) is 11.6 Å². The molecule has 0 N–H and O–H groups in total. The predicted molar refractivity (Wildman–Crippen MR) is 114 cm³/mol. The van der Waals surface area contributed by atoms with E-state index < -0.39 is 0 Å². The van der Waals surface area contributed by atoms with E-state index in [2.05, 4.69) is 26.8 Å². The second-order valence-corrected chi connectivity index (χ2v) is 7.93. The van der Waals surface area contributed by atoms with Gasteiger partial charge in [-0.05, 0) is 48.6 Å². The highest BCUT2D eigenvalue weighted by atomic mass is 32.2. The van der Waals surface area contributed by atoms with Crippen LogP contribution in [0.1, 0.15) is 12.5 Å². The van der Waals surface area contributed by atoms with Crippen molar-refractivity contribution in [3.8, 4) is 17.0 Å². The molecule has 1 fully saturated rings. The molecule has 2 aromatic heterocycles. The summed E-state index contributed by atoms with van der Waals surface area (Å²) in [5.74, 6) is 0.989. The predicted octanol–water partition coefficient (Wildman–Crippen LogP) is 4.48. The minimum atomic E-state index is -0.368. The average molecular weight is 411 g/mol. The highest BCUT2D eigenvalue weighted by Crippen LogP contribution is 2.27. The van der Waals surface area contributed by atoms with E-state index in [0.29, 0.717) is 12.5 Å². The van der Waals surface area contributed by atoms with E-state index >= 15 is 0 Å². The lowest BCUT2D eigenvalue weighted by molar-refractivity contribution is 0.212. The van der Waals surface area contributed by atoms with Gasteiger partial charge >= 0.3 is 0 Å². The molecule has 1 aromatic carbocycles. The van der Waals surface area contributed by atoms with Crippen LogP contribution in [0.3, 0.4) is 0 Å². The standard InChI is InChI=1S/C22H23FN4OS/c1-3-15-9-25-22(26-10-15)27-12-16(13-27)14-28-21-7-4-17(8-19(21)23)20-6-5-18(29-2)11-24-20/h4-11,16H,3,12-14H2,1-2H3. The van der Waals surface area contributed by atoms with Gasteiger partial charge in [0, 0.05) is 48.1 Å². The first-order valence-electron chi connectivity index (χ1n) is 9.65. The number of pyridine rings is 1. The van der Waals surface area contributed by atoms with Crippen LogP contribution in [0, 0.1) is 11.7 Å². The molecule has 4 rings (SSSR count). The molecule has 0 bridgehead atoms. The van der Waals surface area contributed by atoms with Gasteiger partial charge in [0.05, 0.1) is 12.3 Å². The number of halogens is 1. The van der Waals surface area contributed by atoms with Crippen LogP contribution < -0.4 is 9.64 Å². The van der Waals surface area contributed by atoms with Crippen LogP contribution in [0.2, 0.25) is 0 Å². The highest BCUT2D eigenvalue weighted by Gasteiger charge is 2.29. The molecular formula is C22H23FN4OS. The Hall–Kier alpha value is -2.67. The van der Waals surface area contributed by atoms with Gasteiger partial charge < -0.3 is 9.64 Å². The number of hydrogen-bond donors (Lipinski definition) is 0. The van der Waals surface area contributed by atoms with Crippen LogP contribution in [0.4, 0.5) is 10.3 Å². The van der Waals surface area contributed by atoms with Gasteiger partial charge in [-0.3, -0.25) is 4.98 Å². The molecule has 0 atom stereocenters. The van der Waals surface area contributed by atoms with Crippen molar-refractivity contribution in [2.75, 3.05) is 30.9 Å². The van der Waals surface area contributed by atoms with Crippen molar-refractivity contribution >= 4 is 17.7 Å². The zero-order valence-electron chi connectivity index (χ0n) is 16.5. The number of aryl methyl sites for hydroxylation is 1. The summed E-state index contributed by atoms with van der Waals surface area (Å²) in [6.07, 6.45) is 8.46. The van der Waals surface area contributed by atoms with Gasteiger partial charge in [0.15, 0.2) is 11.6 Å². The molecule has 0 aliphatic carbocycles. The van der Waals surface area contributed by atoms with Crippen molar-refractivity contribution in [2.45, 2.75) is 18.2 Å². The molecule has 29 heavy (non-hydrogen) atoms. The first kappa shape index (κ1) is 19.6. The van der Waals surface area contributed by atoms with Gasteiger partial charge in [0.25, 0.3) is 0 Å². The smallest absolute Gasteiger partial charge is 0.225 e. The average Bonchev–Trinajstić information content (AvgIpc) is 2.74. The molecule has 1 aliphatic heterocycles. The monoisotopic (exact) mass is 410 g/mol. The van der Waals surface area contributed by atoms with Gasteiger partial charge in [-0.2, -0.15) is 0 Å². The lowest BCUT2D eigenvalue weighted by atomic mass is 10.0. The van der Waals surface area contributed by atoms with E-state index in [1.165, 1.54) is 6.07 Å². The second kappa shape index (κ2) is 8.78. The summed E-state index contributed by atoms with van der Waals surface area (Å²) in [5, 5.41) is 0. The minimum absolute atomic E-state index is 0.275. The van der Waals surface area contributed by atoms with Gasteiger partial charge in [0.1, 0.15) is 0 Å². The molecule has 3 heterocycles. The van der Waals surface area contributed by atoms with Gasteiger partial charge in [0.2, 0.25) is 5.95 Å². The topological polar surface area (TPSA) is 51.1 Å². The highest BCUT2D eigenvalue weighted by molar-refractivity contribution is 7.98. The van der Waals surface area contributed by atoms with E-state index in [1.54, 1.807) is 24.0 Å². The molecule has 5 nitrogen and oxygen atoms in total. The van der Waals surface area contributed by atoms with Crippen LogP contribution in [0.25, 0.3) is 11.3 Å². The Morgan fingerprint density at radius 1 is 1.10 bits per heavy atom. The van der Waals surface area contributed by atoms with Crippen molar-refractivity contribution in [3.05, 3.63) is 60.3 Å². The Labute approximate surface area is 174 Å². The second-order valence-electron chi connectivity index (χ2n) is 7.06. The Bertz CT molecular complexity index is 960. The normalized spacial score (nSPS) is 14.0. The van der Waals surface area contributed by atoms with E-state index in [1.807, 2.05) is 36.8 Å². The summed E-state index contributed by atoms with van der Waals surface area (Å²) in [6, 6.07) is 8.89. The quantitative estimate of drug-likeness (QED) is 0.536. The number of nitrogens with zero attached hydrogens (tertiary/aromatic N) is 4. The Morgan fingerprint density at radius 2 is 1.90 bits per heavy atom. The van der Waals surface area contributed by atoms with Crippen molar-refractivity contribution in [2.24, 2.45) is 5.92 Å². The van der Waals surface area contributed by atoms with Crippen LogP contribution >= 0.6 is 11.8 Å². The number of ether oxygens (including phenoxy) is 1. The molecular weight excluding hydrogens is 387 g/mol. The molecule has 7 heteroatoms. The number of hydrogen-bond acceptors (Lipinski definition) is 6. The van der Waals surface area contributed by atoms with Crippen LogP contribution in [-0.2, 0) is 6.42 Å². The van der Waals surface area contributed by atoms with E-state index in [0.717, 1.165) is 47.2 Å². The molecule has 1 saturated heterocycles. The summed E-state index contributed by atoms with van der Waals surface area (Å²) in [4.78, 5) is 16.4. The molecule has 3 aromatic rings. The SMILES string of the molecule is CCc1cnc(N2CC(COc3ccc(-c4ccc(SC)cn4)cc3F)C2)nc1. The molecule has 0 saturated carbocycles. The first-order valence-corrected chi connectivity index (χ1v) is 10.9. The fourth-order valence-corrected chi connectivity index (χ4v) is 3.55. The fourth-order valence-electron chi connectivity index (χ4n) is 3.19. The zero-order valence-corrected chi connectivity index (χ0v) is 17.3. The Balaban J connectivity index is 1.31. The van der Waals surface area contributed by atoms with Crippen LogP contribution in [0.15, 0.2) is 53.8 Å². The van der Waals surface area contributed by atoms with Gasteiger partial charge in [-0.15, -0.1) is 11.8 Å². The number of benzene rings is 1. The number of rotatable bonds is 7. The molecule has 0 radical (unpaired) electrons. The third kappa shape index (κ3) is 4.50. The Kier molecular flexibility index (Phi) is 5.94. The maximum Gasteiger partial charge on any atom is 0.225 e. The summed E-state index contributed by atoms with van der Waals surface area (Å²) in [6.45, 7) is 4.19. The Morgan fingerprint density at radius 3 is 2.52 bits per heavy atom. The largest absolute Gasteiger partial charge is 0.490 e. The maximum absolute atomic E-state index is 14.5. The summed E-state index contributed by atoms with van der Waals surface area (Å²) in [5.41, 5.74) is 2.62. The third-order valence-corrected chi connectivity index (χ3v) is 5.73. The van der Waals surface area contributed by atoms with Crippen molar-refractivity contribution in [1.29, 1.82) is 0 Å². The van der Waals surface area contributed by atoms with Crippen LogP contribution in [-0.4, -0.2) is 40.9 Å². The van der Waals surface area contributed by atoms with Crippen molar-refractivity contribution in [3.63, 3.8) is 0 Å². The summed E-state index contributed by atoms with van der Waals surface area (Å²) >= 11 is 1.63. The maximum atomic E-state index is 14.5. The first-order chi connectivity index (χ1) is 14.2. The molecule has 150 valence electrons. The summed E-state index contributed by atoms with van der Waals surface area (Å²) < 4.78 is 20.2. The fraction of sp³-hybridized carbons (Fsp3) is 0.318. The number of thioether (sulfide) groups is 1. The minimum Gasteiger partial charge on any atom is -0.490 e. The van der Waals surface area contributed by atoms with Gasteiger partial charge in [-0.1, -0.05) is 6.92 Å². The summed E-state index contributed by atoms with van der Waals surface area (Å²) in [7, 11) is 0. The lowest BCUT2D eigenvalue weighted by Crippen LogP contribution is -2.50. The lowest BCUT2D eigenvalue weighted by Gasteiger charge is -2.38. The molecule has 1 aliphatic rings. The van der Waals surface area contributed by atoms with E-state index in [9.17, 15) is 4.39 Å². The number of anilines is 1. The van der Waals surface area contributed by atoms with Crippen molar-refractivity contribution < 1.29 is 9.13 Å². The van der Waals surface area contributed by atoms with E-state index in [4.69, 9.17) is 4.74 Å². The zero-order chi connectivity index (χ0) is 20.2. The molecule has 0 amide bonds. The van der Waals surface area contributed by atoms with Crippen LogP contribution in [0.5, 0.6) is 5.75 Å². The molecule has 0 unspecified atom stereocenters. The van der Waals surface area contributed by atoms with Crippen molar-refractivity contribution in [1.82, 2.24) is 15.0 Å².